The Morgan fingerprint density at radius 1 is 0.880 bits per heavy atom. The van der Waals surface area contributed by atoms with E-state index in [9.17, 15) is 4.79 Å². The first-order valence-corrected chi connectivity index (χ1v) is 9.03. The average Bonchev–Trinajstić information content (AvgIpc) is 2.67. The molecule has 0 saturated heterocycles. The zero-order chi connectivity index (χ0) is 18.0. The predicted octanol–water partition coefficient (Wildman–Crippen LogP) is 4.74. The molecule has 0 N–H and O–H groups in total. The van der Waals surface area contributed by atoms with E-state index in [-0.39, 0.29) is 12.6 Å². The van der Waals surface area contributed by atoms with Crippen molar-refractivity contribution in [1.29, 1.82) is 0 Å². The van der Waals surface area contributed by atoms with Crippen molar-refractivity contribution in [2.75, 3.05) is 20.3 Å². The van der Waals surface area contributed by atoms with Crippen molar-refractivity contribution < 1.29 is 14.3 Å². The molecule has 3 heteroatoms. The topological polar surface area (TPSA) is 35.5 Å². The molecule has 0 saturated carbocycles. The van der Waals surface area contributed by atoms with Crippen LogP contribution < -0.4 is 0 Å². The van der Waals surface area contributed by atoms with E-state index in [2.05, 4.69) is 6.92 Å². The molecule has 3 nitrogen and oxygen atoms in total. The Labute approximate surface area is 151 Å². The lowest BCUT2D eigenvalue weighted by molar-refractivity contribution is -0.151. The van der Waals surface area contributed by atoms with Gasteiger partial charge in [-0.25, -0.2) is 0 Å². The minimum Gasteiger partial charge on any atom is -0.465 e. The van der Waals surface area contributed by atoms with Gasteiger partial charge in [0.25, 0.3) is 0 Å². The van der Waals surface area contributed by atoms with Crippen molar-refractivity contribution in [3.05, 3.63) is 71.8 Å². The molecule has 0 spiro atoms. The van der Waals surface area contributed by atoms with Gasteiger partial charge < -0.3 is 9.47 Å². The number of esters is 1. The Bertz CT molecular complexity index is 583. The molecule has 25 heavy (non-hydrogen) atoms. The van der Waals surface area contributed by atoms with E-state index in [0.717, 1.165) is 36.8 Å². The highest BCUT2D eigenvalue weighted by molar-refractivity contribution is 5.88. The van der Waals surface area contributed by atoms with Crippen LogP contribution in [0.1, 0.15) is 43.7 Å². The summed E-state index contributed by atoms with van der Waals surface area (Å²) in [6.45, 7) is 2.86. The molecule has 0 radical (unpaired) electrons. The van der Waals surface area contributed by atoms with Crippen molar-refractivity contribution in [3.63, 3.8) is 0 Å². The second kappa shape index (κ2) is 10.00. The second-order valence-corrected chi connectivity index (χ2v) is 6.27. The zero-order valence-corrected chi connectivity index (χ0v) is 15.2. The molecule has 0 amide bonds. The minimum atomic E-state index is -0.942. The normalized spacial score (nSPS) is 11.3. The molecule has 0 atom stereocenters. The third-order valence-electron chi connectivity index (χ3n) is 4.47. The van der Waals surface area contributed by atoms with Gasteiger partial charge in [0.05, 0.1) is 13.2 Å². The van der Waals surface area contributed by atoms with Crippen LogP contribution >= 0.6 is 0 Å². The van der Waals surface area contributed by atoms with Crippen LogP contribution in [0.5, 0.6) is 0 Å². The number of benzene rings is 2. The largest absolute Gasteiger partial charge is 0.465 e. The molecule has 0 aliphatic rings. The molecule has 0 fully saturated rings. The second-order valence-electron chi connectivity index (χ2n) is 6.27. The van der Waals surface area contributed by atoms with Gasteiger partial charge in [-0.3, -0.25) is 4.79 Å². The fourth-order valence-corrected chi connectivity index (χ4v) is 3.11. The van der Waals surface area contributed by atoms with Crippen LogP contribution in [0.2, 0.25) is 0 Å². The lowest BCUT2D eigenvalue weighted by atomic mass is 9.75. The quantitative estimate of drug-likeness (QED) is 0.463. The van der Waals surface area contributed by atoms with E-state index in [1.807, 2.05) is 60.7 Å². The van der Waals surface area contributed by atoms with Gasteiger partial charge in [-0.1, -0.05) is 86.8 Å². The molecule has 0 bridgehead atoms. The summed E-state index contributed by atoms with van der Waals surface area (Å²) in [5, 5.41) is 0. The number of hydrogen-bond acceptors (Lipinski definition) is 3. The molecule has 0 aromatic heterocycles. The Morgan fingerprint density at radius 3 is 1.92 bits per heavy atom. The van der Waals surface area contributed by atoms with Crippen LogP contribution in [-0.2, 0) is 19.7 Å². The summed E-state index contributed by atoms with van der Waals surface area (Å²) in [4.78, 5) is 13.2. The smallest absolute Gasteiger partial charge is 0.323 e. The monoisotopic (exact) mass is 340 g/mol. The van der Waals surface area contributed by atoms with Crippen LogP contribution in [0.25, 0.3) is 0 Å². The summed E-state index contributed by atoms with van der Waals surface area (Å²) in [6, 6.07) is 19.5. The Kier molecular flexibility index (Phi) is 7.68. The van der Waals surface area contributed by atoms with Crippen molar-refractivity contribution in [2.45, 2.75) is 38.0 Å². The zero-order valence-electron chi connectivity index (χ0n) is 15.2. The van der Waals surface area contributed by atoms with Crippen LogP contribution in [0, 0.1) is 0 Å². The maximum absolute atomic E-state index is 13.2. The van der Waals surface area contributed by atoms with Gasteiger partial charge in [-0.05, 0) is 17.5 Å². The van der Waals surface area contributed by atoms with E-state index in [4.69, 9.17) is 9.47 Å². The van der Waals surface area contributed by atoms with Gasteiger partial charge in [-0.15, -0.1) is 0 Å². The van der Waals surface area contributed by atoms with Crippen molar-refractivity contribution in [1.82, 2.24) is 0 Å². The van der Waals surface area contributed by atoms with E-state index < -0.39 is 5.41 Å². The Morgan fingerprint density at radius 2 is 1.44 bits per heavy atom. The lowest BCUT2D eigenvalue weighted by Gasteiger charge is -2.32. The molecule has 2 rings (SSSR count). The third-order valence-corrected chi connectivity index (χ3v) is 4.47. The van der Waals surface area contributed by atoms with E-state index in [0.29, 0.717) is 6.61 Å². The maximum Gasteiger partial charge on any atom is 0.323 e. The van der Waals surface area contributed by atoms with Gasteiger partial charge in [-0.2, -0.15) is 0 Å². The highest BCUT2D eigenvalue weighted by Gasteiger charge is 2.43. The van der Waals surface area contributed by atoms with Crippen LogP contribution in [0.4, 0.5) is 0 Å². The van der Waals surface area contributed by atoms with Gasteiger partial charge in [0.2, 0.25) is 0 Å². The van der Waals surface area contributed by atoms with Gasteiger partial charge in [0.1, 0.15) is 5.41 Å². The molecule has 0 heterocycles. The summed E-state index contributed by atoms with van der Waals surface area (Å²) >= 11 is 0. The number of methoxy groups -OCH3 is 1. The fourth-order valence-electron chi connectivity index (χ4n) is 3.11. The van der Waals surface area contributed by atoms with Crippen molar-refractivity contribution in [3.8, 4) is 0 Å². The number of carbonyl (C=O) groups is 1. The number of unbranched alkanes of at least 4 members (excludes halogenated alkanes) is 3. The SMILES string of the molecule is CCCCCCOC(=O)C(COC)(c1ccccc1)c1ccccc1. The molecule has 0 unspecified atom stereocenters. The summed E-state index contributed by atoms with van der Waals surface area (Å²) in [6.07, 6.45) is 4.30. The van der Waals surface area contributed by atoms with E-state index in [1.165, 1.54) is 0 Å². The van der Waals surface area contributed by atoms with E-state index in [1.54, 1.807) is 7.11 Å². The summed E-state index contributed by atoms with van der Waals surface area (Å²) in [5.41, 5.74) is 0.838. The Hall–Kier alpha value is -2.13. The number of hydrogen-bond donors (Lipinski definition) is 0. The summed E-state index contributed by atoms with van der Waals surface area (Å²) in [7, 11) is 1.62. The molecule has 134 valence electrons. The first-order chi connectivity index (χ1) is 12.3. The summed E-state index contributed by atoms with van der Waals surface area (Å²) in [5.74, 6) is -0.247. The van der Waals surface area contributed by atoms with Gasteiger partial charge >= 0.3 is 5.97 Å². The third kappa shape index (κ3) is 4.70. The van der Waals surface area contributed by atoms with Gasteiger partial charge in [0, 0.05) is 7.11 Å². The predicted molar refractivity (Wildman–Crippen MR) is 101 cm³/mol. The molecule has 0 aliphatic carbocycles. The number of rotatable bonds is 10. The maximum atomic E-state index is 13.2. The molecule has 2 aromatic rings. The highest BCUT2D eigenvalue weighted by atomic mass is 16.5. The first kappa shape index (κ1) is 19.2. The van der Waals surface area contributed by atoms with Gasteiger partial charge in [0.15, 0.2) is 0 Å². The average molecular weight is 340 g/mol. The van der Waals surface area contributed by atoms with E-state index >= 15 is 0 Å². The summed E-state index contributed by atoms with van der Waals surface area (Å²) < 4.78 is 11.2. The number of carbonyl (C=O) groups excluding carboxylic acids is 1. The first-order valence-electron chi connectivity index (χ1n) is 9.03. The van der Waals surface area contributed by atoms with Crippen molar-refractivity contribution in [2.24, 2.45) is 0 Å². The number of ether oxygens (including phenoxy) is 2. The molecule has 0 aliphatic heterocycles. The van der Waals surface area contributed by atoms with Crippen LogP contribution in [0.3, 0.4) is 0 Å². The minimum absolute atomic E-state index is 0.245. The van der Waals surface area contributed by atoms with Crippen molar-refractivity contribution >= 4 is 5.97 Å². The molecular formula is C22H28O3. The van der Waals surface area contributed by atoms with Crippen LogP contribution in [0.15, 0.2) is 60.7 Å². The van der Waals surface area contributed by atoms with Crippen LogP contribution in [-0.4, -0.2) is 26.3 Å². The molecule has 2 aromatic carbocycles. The lowest BCUT2D eigenvalue weighted by Crippen LogP contribution is -2.43. The molecular weight excluding hydrogens is 312 g/mol. The standard InChI is InChI=1S/C22H28O3/c1-3-4-5-12-17-25-21(23)22(18-24-2,19-13-8-6-9-14-19)20-15-10-7-11-16-20/h6-11,13-16H,3-5,12,17-18H2,1-2H3. The highest BCUT2D eigenvalue weighted by Crippen LogP contribution is 2.34. The Balaban J connectivity index is 2.32. The fraction of sp³-hybridized carbons (Fsp3) is 0.409.